The van der Waals surface area contributed by atoms with Crippen molar-refractivity contribution in [2.45, 2.75) is 19.8 Å². The molecule has 2 aromatic heterocycles. The Labute approximate surface area is 145 Å². The minimum absolute atomic E-state index is 0.518. The summed E-state index contributed by atoms with van der Waals surface area (Å²) in [6, 6.07) is 20.1. The molecule has 3 aromatic carbocycles. The van der Waals surface area contributed by atoms with E-state index in [4.69, 9.17) is 0 Å². The van der Waals surface area contributed by atoms with E-state index in [1.165, 1.54) is 47.5 Å². The lowest BCUT2D eigenvalue weighted by Crippen LogP contribution is -1.89. The number of hydrogen-bond acceptors (Lipinski definition) is 1. The summed E-state index contributed by atoms with van der Waals surface area (Å²) in [5, 5.41) is 5.62. The van der Waals surface area contributed by atoms with Crippen LogP contribution in [0.25, 0.3) is 42.0 Å². The summed E-state index contributed by atoms with van der Waals surface area (Å²) in [4.78, 5) is 0. The third kappa shape index (κ3) is 1.69. The van der Waals surface area contributed by atoms with E-state index in [-0.39, 0.29) is 0 Å². The molecule has 0 saturated carbocycles. The van der Waals surface area contributed by atoms with Gasteiger partial charge in [-0.05, 0) is 29.7 Å². The van der Waals surface area contributed by atoms with Gasteiger partial charge in [0, 0.05) is 43.5 Å². The van der Waals surface area contributed by atoms with E-state index >= 15 is 0 Å². The van der Waals surface area contributed by atoms with Crippen LogP contribution in [0.1, 0.15) is 25.3 Å². The van der Waals surface area contributed by atoms with Crippen molar-refractivity contribution in [3.05, 3.63) is 60.2 Å². The lowest BCUT2D eigenvalue weighted by Gasteiger charge is -2.08. The maximum Gasteiger partial charge on any atom is 0.0503 e. The van der Waals surface area contributed by atoms with E-state index in [0.29, 0.717) is 5.92 Å². The number of aromatic nitrogens is 1. The van der Waals surface area contributed by atoms with Crippen LogP contribution < -0.4 is 0 Å². The molecular weight excluding hydrogens is 310 g/mol. The molecule has 0 aliphatic heterocycles. The summed E-state index contributed by atoms with van der Waals surface area (Å²) >= 11 is 1.93. The van der Waals surface area contributed by atoms with Crippen LogP contribution in [-0.4, -0.2) is 4.57 Å². The highest BCUT2D eigenvalue weighted by Gasteiger charge is 2.17. The van der Waals surface area contributed by atoms with E-state index in [9.17, 15) is 0 Å². The van der Waals surface area contributed by atoms with Crippen LogP contribution in [0.3, 0.4) is 0 Å². The Hall–Kier alpha value is -2.32. The SMILES string of the molecule is CC(C)c1cccc2c1c1c3sc4ccccc4c3ccc1n2C. The molecule has 0 bridgehead atoms. The maximum atomic E-state index is 2.35. The fourth-order valence-electron chi connectivity index (χ4n) is 4.02. The number of fused-ring (bicyclic) bond motifs is 7. The Morgan fingerprint density at radius 1 is 0.792 bits per heavy atom. The van der Waals surface area contributed by atoms with Gasteiger partial charge < -0.3 is 4.57 Å². The van der Waals surface area contributed by atoms with Crippen LogP contribution >= 0.6 is 11.3 Å². The van der Waals surface area contributed by atoms with Gasteiger partial charge in [0.25, 0.3) is 0 Å². The molecule has 0 unspecified atom stereocenters. The highest BCUT2D eigenvalue weighted by molar-refractivity contribution is 7.26. The molecule has 118 valence electrons. The van der Waals surface area contributed by atoms with Gasteiger partial charge in [-0.25, -0.2) is 0 Å². The van der Waals surface area contributed by atoms with Gasteiger partial charge in [0.2, 0.25) is 0 Å². The van der Waals surface area contributed by atoms with Crippen LogP contribution in [0.2, 0.25) is 0 Å². The van der Waals surface area contributed by atoms with Gasteiger partial charge in [-0.2, -0.15) is 0 Å². The monoisotopic (exact) mass is 329 g/mol. The van der Waals surface area contributed by atoms with Gasteiger partial charge >= 0.3 is 0 Å². The van der Waals surface area contributed by atoms with Crippen LogP contribution in [0.4, 0.5) is 0 Å². The lowest BCUT2D eigenvalue weighted by molar-refractivity contribution is 0.876. The fourth-order valence-corrected chi connectivity index (χ4v) is 5.27. The van der Waals surface area contributed by atoms with Gasteiger partial charge in [0.15, 0.2) is 0 Å². The van der Waals surface area contributed by atoms with Gasteiger partial charge in [0.05, 0.1) is 5.52 Å². The number of rotatable bonds is 1. The molecule has 0 amide bonds. The summed E-state index contributed by atoms with van der Waals surface area (Å²) in [7, 11) is 2.19. The maximum absolute atomic E-state index is 2.35. The molecule has 2 heterocycles. The molecule has 0 spiro atoms. The number of hydrogen-bond donors (Lipinski definition) is 0. The molecule has 0 saturated heterocycles. The molecule has 0 fully saturated rings. The molecule has 2 heteroatoms. The Kier molecular flexibility index (Phi) is 2.84. The van der Waals surface area contributed by atoms with Gasteiger partial charge in [0.1, 0.15) is 0 Å². The van der Waals surface area contributed by atoms with Crippen molar-refractivity contribution < 1.29 is 0 Å². The molecule has 24 heavy (non-hydrogen) atoms. The first-order valence-corrected chi connectivity index (χ1v) is 9.29. The zero-order valence-corrected chi connectivity index (χ0v) is 14.9. The quantitative estimate of drug-likeness (QED) is 0.318. The summed E-state index contributed by atoms with van der Waals surface area (Å²) in [6.45, 7) is 4.58. The van der Waals surface area contributed by atoms with Crippen LogP contribution in [-0.2, 0) is 7.05 Å². The predicted octanol–water partition coefficient (Wildman–Crippen LogP) is 6.82. The molecule has 1 nitrogen and oxygen atoms in total. The highest BCUT2D eigenvalue weighted by atomic mass is 32.1. The minimum Gasteiger partial charge on any atom is -0.344 e. The first-order valence-electron chi connectivity index (χ1n) is 8.48. The van der Waals surface area contributed by atoms with E-state index < -0.39 is 0 Å². The van der Waals surface area contributed by atoms with Gasteiger partial charge in [-0.3, -0.25) is 0 Å². The largest absolute Gasteiger partial charge is 0.344 e. The summed E-state index contributed by atoms with van der Waals surface area (Å²) < 4.78 is 5.15. The van der Waals surface area contributed by atoms with E-state index in [2.05, 4.69) is 80.1 Å². The topological polar surface area (TPSA) is 4.93 Å². The standard InChI is InChI=1S/C22H19NS/c1-13(2)14-8-6-9-17-20(14)21-18(23(17)3)12-11-16-15-7-4-5-10-19(15)24-22(16)21/h4-13H,1-3H3. The van der Waals surface area contributed by atoms with Gasteiger partial charge in [-0.15, -0.1) is 11.3 Å². The molecule has 0 aliphatic carbocycles. The van der Waals surface area contributed by atoms with Crippen molar-refractivity contribution in [3.63, 3.8) is 0 Å². The molecule has 5 rings (SSSR count). The van der Waals surface area contributed by atoms with Gasteiger partial charge in [-0.1, -0.05) is 50.2 Å². The first-order chi connectivity index (χ1) is 11.7. The zero-order chi connectivity index (χ0) is 16.4. The Balaban J connectivity index is 2.12. The molecule has 0 radical (unpaired) electrons. The summed E-state index contributed by atoms with van der Waals surface area (Å²) in [5.41, 5.74) is 4.11. The summed E-state index contributed by atoms with van der Waals surface area (Å²) in [6.07, 6.45) is 0. The Morgan fingerprint density at radius 2 is 1.58 bits per heavy atom. The van der Waals surface area contributed by atoms with E-state index in [1.54, 1.807) is 0 Å². The average molecular weight is 329 g/mol. The third-order valence-corrected chi connectivity index (χ3v) is 6.40. The van der Waals surface area contributed by atoms with E-state index in [0.717, 1.165) is 0 Å². The number of benzene rings is 3. The Morgan fingerprint density at radius 3 is 2.42 bits per heavy atom. The summed E-state index contributed by atoms with van der Waals surface area (Å²) in [5.74, 6) is 0.518. The second-order valence-electron chi connectivity index (χ2n) is 6.89. The average Bonchev–Trinajstić information content (AvgIpc) is 3.11. The van der Waals surface area contributed by atoms with Crippen molar-refractivity contribution in [2.75, 3.05) is 0 Å². The second kappa shape index (κ2) is 4.84. The van der Waals surface area contributed by atoms with Crippen molar-refractivity contribution in [2.24, 2.45) is 7.05 Å². The van der Waals surface area contributed by atoms with Crippen LogP contribution in [0, 0.1) is 0 Å². The van der Waals surface area contributed by atoms with E-state index in [1.807, 2.05) is 11.3 Å². The Bertz CT molecular complexity index is 1240. The van der Waals surface area contributed by atoms with Crippen LogP contribution in [0.15, 0.2) is 54.6 Å². The molecule has 0 atom stereocenters. The molecule has 0 N–H and O–H groups in total. The fraction of sp³-hybridized carbons (Fsp3) is 0.182. The van der Waals surface area contributed by atoms with Crippen molar-refractivity contribution >= 4 is 53.3 Å². The molecular formula is C22H19NS. The van der Waals surface area contributed by atoms with Crippen LogP contribution in [0.5, 0.6) is 0 Å². The highest BCUT2D eigenvalue weighted by Crippen LogP contribution is 2.43. The normalized spacial score (nSPS) is 12.3. The molecule has 0 aliphatic rings. The van der Waals surface area contributed by atoms with Crippen molar-refractivity contribution in [3.8, 4) is 0 Å². The second-order valence-corrected chi connectivity index (χ2v) is 7.94. The zero-order valence-electron chi connectivity index (χ0n) is 14.1. The number of nitrogens with zero attached hydrogens (tertiary/aromatic N) is 1. The number of aryl methyl sites for hydroxylation is 1. The third-order valence-electron chi connectivity index (χ3n) is 5.19. The predicted molar refractivity (Wildman–Crippen MR) is 107 cm³/mol. The first kappa shape index (κ1) is 14.1. The smallest absolute Gasteiger partial charge is 0.0503 e. The minimum atomic E-state index is 0.518. The number of thiophene rings is 1. The molecule has 5 aromatic rings. The lowest BCUT2D eigenvalue weighted by atomic mass is 9.97. The van der Waals surface area contributed by atoms with Crippen molar-refractivity contribution in [1.82, 2.24) is 4.57 Å². The van der Waals surface area contributed by atoms with Crippen molar-refractivity contribution in [1.29, 1.82) is 0 Å².